The van der Waals surface area contributed by atoms with Crippen molar-refractivity contribution in [1.82, 2.24) is 4.98 Å². The topological polar surface area (TPSA) is 50.2 Å². The maximum atomic E-state index is 11.8. The molecular formula is C22H14BrNO2. The molecule has 126 valence electrons. The summed E-state index contributed by atoms with van der Waals surface area (Å²) < 4.78 is 0.840. The molecule has 0 bridgehead atoms. The zero-order valence-corrected chi connectivity index (χ0v) is 15.4. The van der Waals surface area contributed by atoms with Gasteiger partial charge in [0.15, 0.2) is 0 Å². The maximum absolute atomic E-state index is 11.8. The first-order chi connectivity index (χ1) is 12.6. The van der Waals surface area contributed by atoms with Crippen LogP contribution >= 0.6 is 15.9 Å². The average molecular weight is 404 g/mol. The summed E-state index contributed by atoms with van der Waals surface area (Å²) in [5, 5.41) is 12.8. The fourth-order valence-electron chi connectivity index (χ4n) is 3.98. The predicted molar refractivity (Wildman–Crippen MR) is 107 cm³/mol. The number of benzene rings is 3. The molecule has 1 aliphatic rings. The SMILES string of the molecule is O=C(O)c1cc(-c2ccc3c4c(cccc24)CC3)nc2ccc(Br)cc12. The minimum absolute atomic E-state index is 0.273. The number of fused-ring (bicyclic) bond motifs is 1. The summed E-state index contributed by atoms with van der Waals surface area (Å²) in [6.07, 6.45) is 2.13. The average Bonchev–Trinajstić information content (AvgIpc) is 3.06. The van der Waals surface area contributed by atoms with Crippen molar-refractivity contribution in [3.8, 4) is 11.3 Å². The van der Waals surface area contributed by atoms with Crippen LogP contribution in [0, 0.1) is 0 Å². The van der Waals surface area contributed by atoms with Gasteiger partial charge in [-0.3, -0.25) is 0 Å². The normalized spacial score (nSPS) is 12.8. The second-order valence-corrected chi connectivity index (χ2v) is 7.55. The first-order valence-corrected chi connectivity index (χ1v) is 9.28. The molecule has 3 aromatic carbocycles. The van der Waals surface area contributed by atoms with Crippen molar-refractivity contribution in [1.29, 1.82) is 0 Å². The molecule has 1 heterocycles. The number of carbonyl (C=O) groups is 1. The molecule has 0 aliphatic heterocycles. The Hall–Kier alpha value is -2.72. The number of aromatic carboxylic acids is 1. The Labute approximate surface area is 158 Å². The van der Waals surface area contributed by atoms with Crippen molar-refractivity contribution in [3.05, 3.63) is 75.8 Å². The van der Waals surface area contributed by atoms with Crippen LogP contribution in [0.3, 0.4) is 0 Å². The molecule has 1 N–H and O–H groups in total. The highest BCUT2D eigenvalue weighted by atomic mass is 79.9. The molecule has 0 atom stereocenters. The second-order valence-electron chi connectivity index (χ2n) is 6.63. The van der Waals surface area contributed by atoms with E-state index >= 15 is 0 Å². The molecule has 0 amide bonds. The standard InChI is InChI=1S/C22H14BrNO2/c23-14-7-9-19-17(10-14)18(22(25)26)11-20(24-19)15-8-6-13-5-4-12-2-1-3-16(15)21(12)13/h1-3,6-11H,4-5H2,(H,25,26). The third kappa shape index (κ3) is 2.26. The van der Waals surface area contributed by atoms with Crippen LogP contribution in [-0.2, 0) is 12.8 Å². The van der Waals surface area contributed by atoms with Crippen LogP contribution in [0.4, 0.5) is 0 Å². The van der Waals surface area contributed by atoms with Gasteiger partial charge in [0, 0.05) is 15.4 Å². The van der Waals surface area contributed by atoms with E-state index in [1.54, 1.807) is 6.07 Å². The summed E-state index contributed by atoms with van der Waals surface area (Å²) in [7, 11) is 0. The van der Waals surface area contributed by atoms with E-state index in [-0.39, 0.29) is 5.56 Å². The van der Waals surface area contributed by atoms with Crippen LogP contribution in [-0.4, -0.2) is 16.1 Å². The van der Waals surface area contributed by atoms with E-state index < -0.39 is 5.97 Å². The van der Waals surface area contributed by atoms with Crippen molar-refractivity contribution in [2.45, 2.75) is 12.8 Å². The molecule has 0 unspecified atom stereocenters. The van der Waals surface area contributed by atoms with Gasteiger partial charge in [0.05, 0.1) is 16.8 Å². The van der Waals surface area contributed by atoms with Crippen molar-refractivity contribution in [3.63, 3.8) is 0 Å². The smallest absolute Gasteiger partial charge is 0.336 e. The molecule has 4 heteroatoms. The van der Waals surface area contributed by atoms with Gasteiger partial charge in [0.2, 0.25) is 0 Å². The van der Waals surface area contributed by atoms with E-state index in [0.29, 0.717) is 16.6 Å². The Morgan fingerprint density at radius 2 is 1.77 bits per heavy atom. The molecular weight excluding hydrogens is 390 g/mol. The number of rotatable bonds is 2. The number of aromatic nitrogens is 1. The first kappa shape index (κ1) is 15.5. The van der Waals surface area contributed by atoms with E-state index in [2.05, 4.69) is 46.3 Å². The molecule has 0 spiro atoms. The zero-order chi connectivity index (χ0) is 17.8. The number of hydrogen-bond acceptors (Lipinski definition) is 2. The Morgan fingerprint density at radius 1 is 0.962 bits per heavy atom. The second kappa shape index (κ2) is 5.64. The van der Waals surface area contributed by atoms with E-state index in [9.17, 15) is 9.90 Å². The number of halogens is 1. The van der Waals surface area contributed by atoms with Crippen molar-refractivity contribution in [2.24, 2.45) is 0 Å². The number of carboxylic acid groups (broad SMARTS) is 1. The molecule has 4 aromatic rings. The van der Waals surface area contributed by atoms with Gasteiger partial charge < -0.3 is 5.11 Å². The summed E-state index contributed by atoms with van der Waals surface area (Å²) >= 11 is 3.41. The lowest BCUT2D eigenvalue weighted by Gasteiger charge is -2.11. The van der Waals surface area contributed by atoms with E-state index in [0.717, 1.165) is 28.3 Å². The molecule has 0 radical (unpaired) electrons. The van der Waals surface area contributed by atoms with Crippen LogP contribution in [0.15, 0.2) is 59.1 Å². The van der Waals surface area contributed by atoms with E-state index in [1.807, 2.05) is 18.2 Å². The van der Waals surface area contributed by atoms with Gasteiger partial charge >= 0.3 is 5.97 Å². The predicted octanol–water partition coefficient (Wildman–Crippen LogP) is 5.61. The summed E-state index contributed by atoms with van der Waals surface area (Å²) in [5.74, 6) is -0.942. The fraction of sp³-hybridized carbons (Fsp3) is 0.0909. The largest absolute Gasteiger partial charge is 0.478 e. The summed E-state index contributed by atoms with van der Waals surface area (Å²) in [6, 6.07) is 17.8. The lowest BCUT2D eigenvalue weighted by Crippen LogP contribution is -2.00. The van der Waals surface area contributed by atoms with Crippen LogP contribution in [0.2, 0.25) is 0 Å². The van der Waals surface area contributed by atoms with E-state index in [4.69, 9.17) is 4.98 Å². The lowest BCUT2D eigenvalue weighted by atomic mass is 9.96. The summed E-state index contributed by atoms with van der Waals surface area (Å²) in [6.45, 7) is 0. The molecule has 1 aliphatic carbocycles. The van der Waals surface area contributed by atoms with Crippen LogP contribution in [0.1, 0.15) is 21.5 Å². The van der Waals surface area contributed by atoms with Crippen molar-refractivity contribution < 1.29 is 9.90 Å². The molecule has 3 nitrogen and oxygen atoms in total. The molecule has 0 saturated heterocycles. The van der Waals surface area contributed by atoms with Crippen LogP contribution in [0.5, 0.6) is 0 Å². The van der Waals surface area contributed by atoms with Gasteiger partial charge in [-0.05, 0) is 59.0 Å². The van der Waals surface area contributed by atoms with Gasteiger partial charge in [-0.15, -0.1) is 0 Å². The van der Waals surface area contributed by atoms with Crippen LogP contribution < -0.4 is 0 Å². The van der Waals surface area contributed by atoms with Gasteiger partial charge in [-0.2, -0.15) is 0 Å². The molecule has 26 heavy (non-hydrogen) atoms. The molecule has 0 saturated carbocycles. The Balaban J connectivity index is 1.85. The van der Waals surface area contributed by atoms with Crippen molar-refractivity contribution in [2.75, 3.05) is 0 Å². The number of carboxylic acids is 1. The Morgan fingerprint density at radius 3 is 2.58 bits per heavy atom. The number of hydrogen-bond donors (Lipinski definition) is 1. The summed E-state index contributed by atoms with van der Waals surface area (Å²) in [4.78, 5) is 16.6. The minimum atomic E-state index is -0.942. The Bertz CT molecular complexity index is 1220. The van der Waals surface area contributed by atoms with Gasteiger partial charge in [-0.25, -0.2) is 9.78 Å². The van der Waals surface area contributed by atoms with Gasteiger partial charge in [0.1, 0.15) is 0 Å². The number of aryl methyl sites for hydroxylation is 2. The van der Waals surface area contributed by atoms with Gasteiger partial charge in [0.25, 0.3) is 0 Å². The maximum Gasteiger partial charge on any atom is 0.336 e. The fourth-order valence-corrected chi connectivity index (χ4v) is 4.34. The highest BCUT2D eigenvalue weighted by molar-refractivity contribution is 9.10. The van der Waals surface area contributed by atoms with Crippen molar-refractivity contribution >= 4 is 43.6 Å². The summed E-state index contributed by atoms with van der Waals surface area (Å²) in [5.41, 5.74) is 5.37. The molecule has 0 fully saturated rings. The highest BCUT2D eigenvalue weighted by Gasteiger charge is 2.19. The third-order valence-corrected chi connectivity index (χ3v) is 5.65. The number of pyridine rings is 1. The number of nitrogens with zero attached hydrogens (tertiary/aromatic N) is 1. The van der Waals surface area contributed by atoms with Gasteiger partial charge in [-0.1, -0.05) is 46.3 Å². The van der Waals surface area contributed by atoms with Crippen LogP contribution in [0.25, 0.3) is 32.9 Å². The minimum Gasteiger partial charge on any atom is -0.478 e. The van der Waals surface area contributed by atoms with E-state index in [1.165, 1.54) is 16.5 Å². The first-order valence-electron chi connectivity index (χ1n) is 8.49. The Kier molecular flexibility index (Phi) is 3.37. The molecule has 1 aromatic heterocycles. The quantitative estimate of drug-likeness (QED) is 0.472. The molecule has 5 rings (SSSR count). The highest BCUT2D eigenvalue weighted by Crippen LogP contribution is 2.37. The lowest BCUT2D eigenvalue weighted by molar-refractivity contribution is 0.0699. The monoisotopic (exact) mass is 403 g/mol. The zero-order valence-electron chi connectivity index (χ0n) is 13.8. The third-order valence-electron chi connectivity index (χ3n) is 5.15.